The molecular formula is C11H21NO2. The zero-order valence-corrected chi connectivity index (χ0v) is 10.0. The van der Waals surface area contributed by atoms with E-state index in [4.69, 9.17) is 4.74 Å². The third-order valence-electron chi connectivity index (χ3n) is 1.78. The van der Waals surface area contributed by atoms with E-state index in [2.05, 4.69) is 6.58 Å². The van der Waals surface area contributed by atoms with Crippen molar-refractivity contribution in [2.24, 2.45) is 5.41 Å². The molecule has 3 nitrogen and oxygen atoms in total. The van der Waals surface area contributed by atoms with Crippen LogP contribution >= 0.6 is 0 Å². The lowest BCUT2D eigenvalue weighted by Crippen LogP contribution is -2.43. The fourth-order valence-electron chi connectivity index (χ4n) is 1.26. The molecule has 0 N–H and O–H groups in total. The molecule has 0 aromatic rings. The zero-order valence-electron chi connectivity index (χ0n) is 10.0. The van der Waals surface area contributed by atoms with Crippen LogP contribution in [-0.4, -0.2) is 31.2 Å². The van der Waals surface area contributed by atoms with Crippen molar-refractivity contribution in [3.05, 3.63) is 12.2 Å². The Hall–Kier alpha value is -0.830. The molecule has 0 rings (SSSR count). The van der Waals surface area contributed by atoms with E-state index in [0.29, 0.717) is 5.57 Å². The Morgan fingerprint density at radius 3 is 2.00 bits per heavy atom. The summed E-state index contributed by atoms with van der Waals surface area (Å²) in [6.45, 7) is 11.3. The predicted molar refractivity (Wildman–Crippen MR) is 57.8 cm³/mol. The lowest BCUT2D eigenvalue weighted by Gasteiger charge is -2.35. The Morgan fingerprint density at radius 2 is 1.79 bits per heavy atom. The molecule has 0 spiro atoms. The Balaban J connectivity index is 4.56. The molecule has 0 aromatic carbocycles. The van der Waals surface area contributed by atoms with Crippen molar-refractivity contribution in [2.45, 2.75) is 33.9 Å². The van der Waals surface area contributed by atoms with Crippen LogP contribution in [0.3, 0.4) is 0 Å². The van der Waals surface area contributed by atoms with Gasteiger partial charge in [-0.2, -0.15) is 0 Å². The van der Waals surface area contributed by atoms with E-state index in [1.54, 1.807) is 6.92 Å². The van der Waals surface area contributed by atoms with Gasteiger partial charge in [-0.1, -0.05) is 27.4 Å². The van der Waals surface area contributed by atoms with E-state index in [1.807, 2.05) is 39.8 Å². The van der Waals surface area contributed by atoms with Gasteiger partial charge in [0.05, 0.1) is 0 Å². The van der Waals surface area contributed by atoms with Gasteiger partial charge in [0.25, 0.3) is 0 Å². The fraction of sp³-hybridized carbons (Fsp3) is 0.727. The summed E-state index contributed by atoms with van der Waals surface area (Å²) < 4.78 is 5.33. The molecule has 0 saturated heterocycles. The molecule has 1 unspecified atom stereocenters. The Labute approximate surface area is 86.7 Å². The summed E-state index contributed by atoms with van der Waals surface area (Å²) in [6.07, 6.45) is -0.230. The molecule has 0 aliphatic heterocycles. The number of nitrogens with zero attached hydrogens (tertiary/aromatic N) is 1. The Kier molecular flexibility index (Phi) is 4.33. The molecule has 0 radical (unpaired) electrons. The topological polar surface area (TPSA) is 29.5 Å². The zero-order chi connectivity index (χ0) is 11.5. The molecule has 0 heterocycles. The van der Waals surface area contributed by atoms with E-state index < -0.39 is 0 Å². The van der Waals surface area contributed by atoms with Crippen LogP contribution in [0.25, 0.3) is 0 Å². The van der Waals surface area contributed by atoms with E-state index in [0.717, 1.165) is 0 Å². The molecule has 0 amide bonds. The van der Waals surface area contributed by atoms with Crippen LogP contribution in [0, 0.1) is 5.41 Å². The van der Waals surface area contributed by atoms with Crippen LogP contribution in [0.1, 0.15) is 27.7 Å². The number of carbonyl (C=O) groups excluding carboxylic acids is 1. The highest BCUT2D eigenvalue weighted by Crippen LogP contribution is 2.24. The number of carbonyl (C=O) groups is 1. The fourth-order valence-corrected chi connectivity index (χ4v) is 1.26. The van der Waals surface area contributed by atoms with Gasteiger partial charge in [-0.15, -0.1) is 0 Å². The highest BCUT2D eigenvalue weighted by molar-refractivity contribution is 5.87. The highest BCUT2D eigenvalue weighted by atomic mass is 16.6. The van der Waals surface area contributed by atoms with Gasteiger partial charge < -0.3 is 4.74 Å². The maximum atomic E-state index is 11.4. The predicted octanol–water partition coefficient (Wildman–Crippen LogP) is 2.04. The van der Waals surface area contributed by atoms with Gasteiger partial charge in [0.1, 0.15) is 0 Å². The average Bonchev–Trinajstić information content (AvgIpc) is 1.96. The molecule has 0 aliphatic carbocycles. The molecule has 0 aromatic heterocycles. The van der Waals surface area contributed by atoms with Gasteiger partial charge in [0.2, 0.25) is 0 Å². The Bertz CT molecular complexity index is 226. The lowest BCUT2D eigenvalue weighted by molar-refractivity contribution is -0.162. The second-order valence-corrected chi connectivity index (χ2v) is 4.87. The van der Waals surface area contributed by atoms with Gasteiger partial charge in [0.15, 0.2) is 6.23 Å². The first kappa shape index (κ1) is 13.2. The van der Waals surface area contributed by atoms with E-state index in [-0.39, 0.29) is 17.6 Å². The van der Waals surface area contributed by atoms with Crippen molar-refractivity contribution in [1.82, 2.24) is 4.90 Å². The monoisotopic (exact) mass is 199 g/mol. The number of hydrogen-bond donors (Lipinski definition) is 0. The molecule has 1 atom stereocenters. The van der Waals surface area contributed by atoms with Crippen molar-refractivity contribution >= 4 is 5.97 Å². The number of rotatable bonds is 3. The largest absolute Gasteiger partial charge is 0.442 e. The number of esters is 1. The summed E-state index contributed by atoms with van der Waals surface area (Å²) in [5.41, 5.74) is 0.329. The van der Waals surface area contributed by atoms with Crippen LogP contribution in [0.5, 0.6) is 0 Å². The molecule has 82 valence electrons. The molecular weight excluding hydrogens is 178 g/mol. The van der Waals surface area contributed by atoms with Gasteiger partial charge in [-0.25, -0.2) is 4.79 Å². The molecule has 0 fully saturated rings. The van der Waals surface area contributed by atoms with Gasteiger partial charge in [-0.05, 0) is 21.0 Å². The molecule has 0 saturated carbocycles. The normalized spacial score (nSPS) is 13.9. The Morgan fingerprint density at radius 1 is 1.36 bits per heavy atom. The minimum atomic E-state index is -0.335. The minimum absolute atomic E-state index is 0.103. The van der Waals surface area contributed by atoms with Gasteiger partial charge in [0, 0.05) is 11.0 Å². The quantitative estimate of drug-likeness (QED) is 0.396. The van der Waals surface area contributed by atoms with Crippen LogP contribution in [0.2, 0.25) is 0 Å². The smallest absolute Gasteiger partial charge is 0.334 e. The van der Waals surface area contributed by atoms with Crippen molar-refractivity contribution in [3.8, 4) is 0 Å². The molecule has 0 bridgehead atoms. The first-order valence-corrected chi connectivity index (χ1v) is 4.69. The maximum Gasteiger partial charge on any atom is 0.334 e. The maximum absolute atomic E-state index is 11.4. The van der Waals surface area contributed by atoms with Gasteiger partial charge in [-0.3, -0.25) is 4.90 Å². The summed E-state index contributed by atoms with van der Waals surface area (Å²) in [5, 5.41) is 0. The molecule has 0 aliphatic rings. The van der Waals surface area contributed by atoms with Crippen molar-refractivity contribution < 1.29 is 9.53 Å². The standard InChI is InChI=1S/C11H21NO2/c1-8(2)9(13)14-10(12(6)7)11(3,4)5/h10H,1H2,2-7H3. The van der Waals surface area contributed by atoms with Crippen LogP contribution in [0.4, 0.5) is 0 Å². The minimum Gasteiger partial charge on any atom is -0.442 e. The van der Waals surface area contributed by atoms with Crippen LogP contribution in [0.15, 0.2) is 12.2 Å². The summed E-state index contributed by atoms with van der Waals surface area (Å²) in [7, 11) is 3.78. The van der Waals surface area contributed by atoms with E-state index in [1.165, 1.54) is 0 Å². The third kappa shape index (κ3) is 3.92. The first-order chi connectivity index (χ1) is 6.16. The van der Waals surface area contributed by atoms with Gasteiger partial charge >= 0.3 is 5.97 Å². The second-order valence-electron chi connectivity index (χ2n) is 4.87. The number of hydrogen-bond acceptors (Lipinski definition) is 3. The van der Waals surface area contributed by atoms with Crippen molar-refractivity contribution in [3.63, 3.8) is 0 Å². The molecule has 14 heavy (non-hydrogen) atoms. The van der Waals surface area contributed by atoms with Crippen LogP contribution < -0.4 is 0 Å². The first-order valence-electron chi connectivity index (χ1n) is 4.69. The highest BCUT2D eigenvalue weighted by Gasteiger charge is 2.30. The van der Waals surface area contributed by atoms with E-state index >= 15 is 0 Å². The van der Waals surface area contributed by atoms with E-state index in [9.17, 15) is 4.79 Å². The summed E-state index contributed by atoms with van der Waals surface area (Å²) in [5.74, 6) is -0.335. The summed E-state index contributed by atoms with van der Waals surface area (Å²) in [4.78, 5) is 13.2. The molecule has 3 heteroatoms. The summed E-state index contributed by atoms with van der Waals surface area (Å²) >= 11 is 0. The summed E-state index contributed by atoms with van der Waals surface area (Å²) in [6, 6.07) is 0. The lowest BCUT2D eigenvalue weighted by atomic mass is 9.93. The van der Waals surface area contributed by atoms with Crippen molar-refractivity contribution in [2.75, 3.05) is 14.1 Å². The third-order valence-corrected chi connectivity index (χ3v) is 1.78. The van der Waals surface area contributed by atoms with Crippen LogP contribution in [-0.2, 0) is 9.53 Å². The second kappa shape index (κ2) is 4.60. The SMILES string of the molecule is C=C(C)C(=O)OC(N(C)C)C(C)(C)C. The number of ether oxygens (including phenoxy) is 1. The van der Waals surface area contributed by atoms with Crippen molar-refractivity contribution in [1.29, 1.82) is 0 Å². The average molecular weight is 199 g/mol.